The number of amides is 3. The van der Waals surface area contributed by atoms with Crippen molar-refractivity contribution in [1.29, 1.82) is 0 Å². The Morgan fingerprint density at radius 1 is 1.05 bits per heavy atom. The number of nitrogens with one attached hydrogen (secondary N) is 6. The lowest BCUT2D eigenvalue weighted by atomic mass is 9.89. The minimum absolute atomic E-state index is 0.0343. The first-order chi connectivity index (χ1) is 29.5. The highest BCUT2D eigenvalue weighted by Gasteiger charge is 2.28. The van der Waals surface area contributed by atoms with Gasteiger partial charge >= 0.3 is 0 Å². The predicted octanol–water partition coefficient (Wildman–Crippen LogP) is 5.38. The molecule has 0 bridgehead atoms. The number of carbonyl (C=O) groups excluding carboxylic acids is 4. The molecule has 1 aromatic heterocycles. The Bertz CT molecular complexity index is 2190. The Hall–Kier alpha value is -5.98. The number of imide groups is 1. The van der Waals surface area contributed by atoms with E-state index in [1.165, 1.54) is 30.5 Å². The number of Topliss-reactive ketones (excluding diaryl/α,β-unsaturated/α-hetero) is 1. The van der Waals surface area contributed by atoms with E-state index in [1.807, 2.05) is 18.3 Å². The molecule has 18 heteroatoms. The SMILES string of the molecule is C=C1/C=C(c2cnc(NCCCCNC(=O)CN3CCC(c4ccc(NC5CCC(=O)NC5=O)cc4F)CC3)nc2)\C=N/NC=C1C(=O)c1cccc(NSN(C)CC)c1F. The third-order valence-electron chi connectivity index (χ3n) is 10.6. The number of rotatable bonds is 18. The number of hydrogen-bond donors (Lipinski definition) is 6. The Kier molecular flexibility index (Phi) is 15.7. The number of nitrogens with zero attached hydrogens (tertiary/aromatic N) is 5. The predicted molar refractivity (Wildman–Crippen MR) is 234 cm³/mol. The number of unbranched alkanes of at least 4 members (excludes halogenated alkanes) is 1. The average molecular weight is 856 g/mol. The molecule has 6 rings (SSSR count). The molecule has 4 heterocycles. The van der Waals surface area contributed by atoms with Crippen molar-refractivity contribution in [3.63, 3.8) is 0 Å². The van der Waals surface area contributed by atoms with Crippen molar-refractivity contribution in [2.24, 2.45) is 5.10 Å². The largest absolute Gasteiger partial charge is 0.374 e. The highest BCUT2D eigenvalue weighted by molar-refractivity contribution is 7.98. The van der Waals surface area contributed by atoms with Crippen LogP contribution in [0.4, 0.5) is 26.1 Å². The van der Waals surface area contributed by atoms with Gasteiger partial charge in [0.15, 0.2) is 11.6 Å². The third kappa shape index (κ3) is 12.3. The van der Waals surface area contributed by atoms with E-state index in [-0.39, 0.29) is 53.3 Å². The molecule has 3 amide bonds. The molecule has 1 unspecified atom stereocenters. The molecule has 2 fully saturated rings. The summed E-state index contributed by atoms with van der Waals surface area (Å²) in [6.07, 6.45) is 11.5. The number of carbonyl (C=O) groups is 4. The molecule has 0 spiro atoms. The first kappa shape index (κ1) is 44.6. The summed E-state index contributed by atoms with van der Waals surface area (Å²) in [6, 6.07) is 8.97. The summed E-state index contributed by atoms with van der Waals surface area (Å²) in [4.78, 5) is 60.6. The average Bonchev–Trinajstić information content (AvgIpc) is 3.24. The number of hydrogen-bond acceptors (Lipinski definition) is 14. The van der Waals surface area contributed by atoms with Gasteiger partial charge in [-0.2, -0.15) is 5.10 Å². The van der Waals surface area contributed by atoms with Crippen LogP contribution in [-0.4, -0.2) is 101 Å². The molecule has 3 aromatic rings. The lowest BCUT2D eigenvalue weighted by Gasteiger charge is -2.32. The lowest BCUT2D eigenvalue weighted by Crippen LogP contribution is -2.47. The molecule has 0 saturated carbocycles. The van der Waals surface area contributed by atoms with Crippen molar-refractivity contribution in [2.75, 3.05) is 61.7 Å². The summed E-state index contributed by atoms with van der Waals surface area (Å²) in [5.74, 6) is -1.84. The van der Waals surface area contributed by atoms with Crippen LogP contribution in [0.5, 0.6) is 0 Å². The number of halogens is 2. The number of anilines is 3. The third-order valence-corrected chi connectivity index (χ3v) is 11.5. The topological polar surface area (TPSA) is 185 Å². The molecule has 6 N–H and O–H groups in total. The van der Waals surface area contributed by atoms with Gasteiger partial charge < -0.3 is 20.7 Å². The molecule has 0 radical (unpaired) electrons. The Balaban J connectivity index is 0.885. The number of piperidine rings is 2. The van der Waals surface area contributed by atoms with Gasteiger partial charge in [0.05, 0.1) is 24.0 Å². The first-order valence-corrected chi connectivity index (χ1v) is 21.1. The maximum absolute atomic E-state index is 15.4. The molecule has 322 valence electrons. The van der Waals surface area contributed by atoms with Crippen LogP contribution in [0.15, 0.2) is 83.9 Å². The first-order valence-electron chi connectivity index (χ1n) is 20.3. The normalized spacial score (nSPS) is 18.8. The van der Waals surface area contributed by atoms with E-state index >= 15 is 8.78 Å². The van der Waals surface area contributed by atoms with Gasteiger partial charge in [-0.25, -0.2) is 23.1 Å². The maximum atomic E-state index is 15.4. The zero-order chi connectivity index (χ0) is 43.3. The van der Waals surface area contributed by atoms with Crippen LogP contribution in [0.1, 0.15) is 72.9 Å². The van der Waals surface area contributed by atoms with Crippen molar-refractivity contribution in [3.05, 3.63) is 107 Å². The van der Waals surface area contributed by atoms with Gasteiger partial charge in [0, 0.05) is 79.2 Å². The fraction of sp³-hybridized carbons (Fsp3) is 0.372. The zero-order valence-corrected chi connectivity index (χ0v) is 35.0. The van der Waals surface area contributed by atoms with E-state index in [4.69, 9.17) is 0 Å². The Labute approximate surface area is 358 Å². The van der Waals surface area contributed by atoms with Gasteiger partial charge in [-0.1, -0.05) is 25.6 Å². The minimum Gasteiger partial charge on any atom is -0.374 e. The van der Waals surface area contributed by atoms with E-state index in [0.717, 1.165) is 32.2 Å². The molecule has 2 aromatic carbocycles. The smallest absolute Gasteiger partial charge is 0.249 e. The molecule has 61 heavy (non-hydrogen) atoms. The molecule has 1 atom stereocenters. The van der Waals surface area contributed by atoms with Crippen LogP contribution in [-0.2, 0) is 14.4 Å². The van der Waals surface area contributed by atoms with Crippen LogP contribution in [0, 0.1) is 11.6 Å². The van der Waals surface area contributed by atoms with Crippen LogP contribution in [0.2, 0.25) is 0 Å². The zero-order valence-electron chi connectivity index (χ0n) is 34.2. The Morgan fingerprint density at radius 2 is 1.82 bits per heavy atom. The fourth-order valence-electron chi connectivity index (χ4n) is 6.98. The number of likely N-dealkylation sites (tertiary alicyclic amines) is 1. The van der Waals surface area contributed by atoms with Gasteiger partial charge in [-0.05, 0) is 99.6 Å². The standard InChI is InChI=1S/C43H51F2N11O4S/c1-4-55(3)61-54-36-9-7-8-33(40(36)45)41(59)34-25-51-50-24-29(20-27(34)2)30-22-48-43(49-23-30)47-17-6-5-16-46-39(58)26-56-18-14-28(15-19-56)32-11-10-31(21-35(32)44)52-37-12-13-38(57)53-42(37)60/h7-11,20-25,28,37,51-52,54H,2,4-6,12-19,26H2,1,3H3,(H,46,58)(H,47,48,49)(H,53,57,60)/b29-20+,34-25?,50-24-. The van der Waals surface area contributed by atoms with Crippen molar-refractivity contribution in [2.45, 2.75) is 57.4 Å². The number of hydrazone groups is 1. The lowest BCUT2D eigenvalue weighted by molar-refractivity contribution is -0.133. The van der Waals surface area contributed by atoms with Crippen LogP contribution >= 0.6 is 12.1 Å². The molecule has 2 saturated heterocycles. The number of benzene rings is 2. The number of aromatic nitrogens is 2. The van der Waals surface area contributed by atoms with E-state index in [1.54, 1.807) is 48.9 Å². The molecular weight excluding hydrogens is 805 g/mol. The highest BCUT2D eigenvalue weighted by Crippen LogP contribution is 2.32. The van der Waals surface area contributed by atoms with Gasteiger partial charge in [0.1, 0.15) is 11.9 Å². The summed E-state index contributed by atoms with van der Waals surface area (Å²) in [5.41, 5.74) is 5.69. The number of allylic oxidation sites excluding steroid dienone is 4. The second-order valence-corrected chi connectivity index (χ2v) is 15.9. The summed E-state index contributed by atoms with van der Waals surface area (Å²) in [7, 11) is 1.87. The summed E-state index contributed by atoms with van der Waals surface area (Å²) in [6.45, 7) is 9.54. The van der Waals surface area contributed by atoms with Crippen molar-refractivity contribution in [1.82, 2.24) is 35.2 Å². The molecule has 15 nitrogen and oxygen atoms in total. The van der Waals surface area contributed by atoms with E-state index in [0.29, 0.717) is 66.5 Å². The van der Waals surface area contributed by atoms with Gasteiger partial charge in [0.25, 0.3) is 0 Å². The highest BCUT2D eigenvalue weighted by atomic mass is 32.2. The van der Waals surface area contributed by atoms with Gasteiger partial charge in [-0.3, -0.25) is 34.8 Å². The van der Waals surface area contributed by atoms with E-state index < -0.39 is 23.5 Å². The summed E-state index contributed by atoms with van der Waals surface area (Å²) < 4.78 is 35.3. The molecule has 3 aliphatic rings. The van der Waals surface area contributed by atoms with E-state index in [2.05, 4.69) is 58.0 Å². The van der Waals surface area contributed by atoms with Crippen molar-refractivity contribution in [3.8, 4) is 0 Å². The quantitative estimate of drug-likeness (QED) is 0.0415. The molecule has 0 aliphatic carbocycles. The summed E-state index contributed by atoms with van der Waals surface area (Å²) in [5, 5.41) is 15.7. The van der Waals surface area contributed by atoms with Gasteiger partial charge in [-0.15, -0.1) is 0 Å². The van der Waals surface area contributed by atoms with Crippen molar-refractivity contribution < 1.29 is 28.0 Å². The van der Waals surface area contributed by atoms with E-state index in [9.17, 15) is 19.2 Å². The minimum atomic E-state index is -0.664. The monoisotopic (exact) mass is 855 g/mol. The second kappa shape index (κ2) is 21.5. The fourth-order valence-corrected chi connectivity index (χ4v) is 7.53. The van der Waals surface area contributed by atoms with Crippen LogP contribution in [0.3, 0.4) is 0 Å². The van der Waals surface area contributed by atoms with Crippen LogP contribution < -0.4 is 31.4 Å². The summed E-state index contributed by atoms with van der Waals surface area (Å²) >= 11 is 1.23. The number of ketones is 1. The van der Waals surface area contributed by atoms with Crippen molar-refractivity contribution >= 4 is 64.7 Å². The molecular formula is C43H51F2N11O4S. The van der Waals surface area contributed by atoms with Gasteiger partial charge in [0.2, 0.25) is 23.7 Å². The van der Waals surface area contributed by atoms with Crippen LogP contribution in [0.25, 0.3) is 5.57 Å². The Morgan fingerprint density at radius 3 is 2.56 bits per heavy atom. The second-order valence-electron chi connectivity index (χ2n) is 14.9. The maximum Gasteiger partial charge on any atom is 0.249 e. The molecule has 3 aliphatic heterocycles.